The van der Waals surface area contributed by atoms with Gasteiger partial charge in [-0.2, -0.15) is 5.10 Å². The van der Waals surface area contributed by atoms with Crippen molar-refractivity contribution in [3.05, 3.63) is 47.3 Å². The highest BCUT2D eigenvalue weighted by atomic mass is 16.5. The van der Waals surface area contributed by atoms with Gasteiger partial charge in [-0.3, -0.25) is 14.3 Å². The molecule has 0 fully saturated rings. The Morgan fingerprint density at radius 3 is 2.58 bits per heavy atom. The number of amides is 1. The number of carbonyl (C=O) groups is 2. The molecule has 1 heterocycles. The fourth-order valence-corrected chi connectivity index (χ4v) is 2.21. The quantitative estimate of drug-likeness (QED) is 0.721. The Labute approximate surface area is 140 Å². The van der Waals surface area contributed by atoms with E-state index in [4.69, 9.17) is 9.84 Å². The Morgan fingerprint density at radius 1 is 1.29 bits per heavy atom. The molecular weight excluding hydrogens is 310 g/mol. The van der Waals surface area contributed by atoms with E-state index in [0.29, 0.717) is 31.0 Å². The van der Waals surface area contributed by atoms with Crippen LogP contribution in [0.4, 0.5) is 0 Å². The van der Waals surface area contributed by atoms with Crippen molar-refractivity contribution in [1.29, 1.82) is 0 Å². The molecule has 7 nitrogen and oxygen atoms in total. The third-order valence-electron chi connectivity index (χ3n) is 3.41. The molecule has 0 saturated carbocycles. The first-order chi connectivity index (χ1) is 11.5. The number of hydrogen-bond donors (Lipinski definition) is 2. The van der Waals surface area contributed by atoms with Crippen molar-refractivity contribution in [2.45, 2.75) is 26.3 Å². The van der Waals surface area contributed by atoms with Crippen molar-refractivity contribution in [1.82, 2.24) is 15.1 Å². The van der Waals surface area contributed by atoms with Crippen molar-refractivity contribution in [2.75, 3.05) is 6.61 Å². The van der Waals surface area contributed by atoms with Crippen LogP contribution in [-0.2, 0) is 18.4 Å². The lowest BCUT2D eigenvalue weighted by atomic mass is 10.2. The standard InChI is InChI=1S/C17H21N3O4/c1-12-10-15(20(2)19-12)17(23)18-11-13-5-7-14(8-6-13)24-9-3-4-16(21)22/h5-8,10H,3-4,9,11H2,1-2H3,(H,18,23)(H,21,22). The SMILES string of the molecule is Cc1cc(C(=O)NCc2ccc(OCCCC(=O)O)cc2)n(C)n1. The van der Waals surface area contributed by atoms with Gasteiger partial charge < -0.3 is 15.2 Å². The normalized spacial score (nSPS) is 10.4. The van der Waals surface area contributed by atoms with Crippen LogP contribution in [-0.4, -0.2) is 33.4 Å². The molecule has 2 N–H and O–H groups in total. The molecule has 2 aromatic rings. The summed E-state index contributed by atoms with van der Waals surface area (Å²) in [5, 5.41) is 15.6. The first kappa shape index (κ1) is 17.5. The Balaban J connectivity index is 1.80. The zero-order chi connectivity index (χ0) is 17.5. The Morgan fingerprint density at radius 2 is 2.00 bits per heavy atom. The van der Waals surface area contributed by atoms with Gasteiger partial charge in [0.15, 0.2) is 0 Å². The molecule has 0 unspecified atom stereocenters. The van der Waals surface area contributed by atoms with Gasteiger partial charge in [-0.25, -0.2) is 0 Å². The number of carboxylic acids is 1. The lowest BCUT2D eigenvalue weighted by molar-refractivity contribution is -0.137. The predicted octanol–water partition coefficient (Wildman–Crippen LogP) is 1.90. The molecule has 0 spiro atoms. The second-order valence-electron chi connectivity index (χ2n) is 5.47. The highest BCUT2D eigenvalue weighted by Crippen LogP contribution is 2.13. The molecule has 0 bridgehead atoms. The summed E-state index contributed by atoms with van der Waals surface area (Å²) in [6.07, 6.45) is 0.564. The van der Waals surface area contributed by atoms with Crippen molar-refractivity contribution in [2.24, 2.45) is 7.05 Å². The summed E-state index contributed by atoms with van der Waals surface area (Å²) in [4.78, 5) is 22.5. The van der Waals surface area contributed by atoms with E-state index in [1.54, 1.807) is 29.9 Å². The molecule has 2 rings (SSSR count). The summed E-state index contributed by atoms with van der Waals surface area (Å²) in [5.41, 5.74) is 2.26. The van der Waals surface area contributed by atoms with Crippen LogP contribution < -0.4 is 10.1 Å². The van der Waals surface area contributed by atoms with Gasteiger partial charge in [0, 0.05) is 20.0 Å². The van der Waals surface area contributed by atoms with Gasteiger partial charge in [-0.1, -0.05) is 12.1 Å². The summed E-state index contributed by atoms with van der Waals surface area (Å²) in [6.45, 7) is 2.61. The monoisotopic (exact) mass is 331 g/mol. The molecule has 1 aromatic carbocycles. The molecule has 7 heteroatoms. The van der Waals surface area contributed by atoms with Crippen LogP contribution >= 0.6 is 0 Å². The van der Waals surface area contributed by atoms with Crippen LogP contribution in [0.15, 0.2) is 30.3 Å². The second kappa shape index (κ2) is 8.14. The minimum absolute atomic E-state index is 0.0948. The first-order valence-electron chi connectivity index (χ1n) is 7.68. The third kappa shape index (κ3) is 5.12. The molecule has 1 amide bonds. The van der Waals surface area contributed by atoms with Crippen molar-refractivity contribution >= 4 is 11.9 Å². The fraction of sp³-hybridized carbons (Fsp3) is 0.353. The second-order valence-corrected chi connectivity index (χ2v) is 5.47. The van der Waals surface area contributed by atoms with E-state index < -0.39 is 5.97 Å². The van der Waals surface area contributed by atoms with Gasteiger partial charge >= 0.3 is 5.97 Å². The van der Waals surface area contributed by atoms with E-state index >= 15 is 0 Å². The van der Waals surface area contributed by atoms with E-state index in [0.717, 1.165) is 11.3 Å². The molecule has 1 aromatic heterocycles. The Hall–Kier alpha value is -2.83. The molecular formula is C17H21N3O4. The highest BCUT2D eigenvalue weighted by molar-refractivity contribution is 5.92. The van der Waals surface area contributed by atoms with Crippen LogP contribution in [0.2, 0.25) is 0 Å². The average molecular weight is 331 g/mol. The van der Waals surface area contributed by atoms with Crippen molar-refractivity contribution in [3.63, 3.8) is 0 Å². The molecule has 0 aliphatic heterocycles. The van der Waals surface area contributed by atoms with Gasteiger partial charge in [0.1, 0.15) is 11.4 Å². The molecule has 24 heavy (non-hydrogen) atoms. The largest absolute Gasteiger partial charge is 0.494 e. The maximum absolute atomic E-state index is 12.1. The highest BCUT2D eigenvalue weighted by Gasteiger charge is 2.11. The lowest BCUT2D eigenvalue weighted by Gasteiger charge is -2.08. The predicted molar refractivity (Wildman–Crippen MR) is 87.9 cm³/mol. The van der Waals surface area contributed by atoms with E-state index in [-0.39, 0.29) is 12.3 Å². The third-order valence-corrected chi connectivity index (χ3v) is 3.41. The number of ether oxygens (including phenoxy) is 1. The summed E-state index contributed by atoms with van der Waals surface area (Å²) in [6, 6.07) is 9.07. The minimum Gasteiger partial charge on any atom is -0.494 e. The van der Waals surface area contributed by atoms with Gasteiger partial charge in [0.25, 0.3) is 5.91 Å². The van der Waals surface area contributed by atoms with Gasteiger partial charge in [-0.15, -0.1) is 0 Å². The zero-order valence-electron chi connectivity index (χ0n) is 13.8. The summed E-state index contributed by atoms with van der Waals surface area (Å²) in [7, 11) is 1.73. The van der Waals surface area contributed by atoms with Crippen molar-refractivity contribution < 1.29 is 19.4 Å². The zero-order valence-corrected chi connectivity index (χ0v) is 13.8. The van der Waals surface area contributed by atoms with Crippen LogP contribution in [0.1, 0.15) is 34.6 Å². The smallest absolute Gasteiger partial charge is 0.303 e. The number of aliphatic carboxylic acids is 1. The van der Waals surface area contributed by atoms with E-state index in [2.05, 4.69) is 10.4 Å². The molecule has 0 radical (unpaired) electrons. The molecule has 128 valence electrons. The van der Waals surface area contributed by atoms with Crippen molar-refractivity contribution in [3.8, 4) is 5.75 Å². The van der Waals surface area contributed by atoms with Crippen LogP contribution in [0.3, 0.4) is 0 Å². The van der Waals surface area contributed by atoms with Gasteiger partial charge in [0.2, 0.25) is 0 Å². The molecule has 0 atom stereocenters. The van der Waals surface area contributed by atoms with Gasteiger partial charge in [-0.05, 0) is 37.1 Å². The lowest BCUT2D eigenvalue weighted by Crippen LogP contribution is -2.25. The number of rotatable bonds is 8. The van der Waals surface area contributed by atoms with Crippen LogP contribution in [0.5, 0.6) is 5.75 Å². The fourth-order valence-electron chi connectivity index (χ4n) is 2.21. The minimum atomic E-state index is -0.826. The molecule has 0 aliphatic rings. The van der Waals surface area contributed by atoms with Crippen LogP contribution in [0.25, 0.3) is 0 Å². The Kier molecular flexibility index (Phi) is 5.95. The number of hydrogen-bond acceptors (Lipinski definition) is 4. The molecule has 0 saturated heterocycles. The number of nitrogens with zero attached hydrogens (tertiary/aromatic N) is 2. The van der Waals surface area contributed by atoms with Gasteiger partial charge in [0.05, 0.1) is 12.3 Å². The summed E-state index contributed by atoms with van der Waals surface area (Å²) in [5.74, 6) is -0.321. The number of aromatic nitrogens is 2. The summed E-state index contributed by atoms with van der Waals surface area (Å²) >= 11 is 0. The van der Waals surface area contributed by atoms with E-state index in [1.807, 2.05) is 19.1 Å². The van der Waals surface area contributed by atoms with E-state index in [1.165, 1.54) is 0 Å². The number of carboxylic acid groups (broad SMARTS) is 1. The topological polar surface area (TPSA) is 93.5 Å². The summed E-state index contributed by atoms with van der Waals surface area (Å²) < 4.78 is 7.02. The maximum Gasteiger partial charge on any atom is 0.303 e. The van der Waals surface area contributed by atoms with E-state index in [9.17, 15) is 9.59 Å². The number of nitrogens with one attached hydrogen (secondary N) is 1. The Bertz CT molecular complexity index is 707. The number of aryl methyl sites for hydroxylation is 2. The molecule has 0 aliphatic carbocycles. The van der Waals surface area contributed by atoms with Crippen LogP contribution in [0, 0.1) is 6.92 Å². The number of carbonyl (C=O) groups excluding carboxylic acids is 1. The average Bonchev–Trinajstić information content (AvgIpc) is 2.89. The number of benzene rings is 1. The first-order valence-corrected chi connectivity index (χ1v) is 7.68. The maximum atomic E-state index is 12.1.